The Morgan fingerprint density at radius 3 is 2.62 bits per heavy atom. The number of benzene rings is 2. The fraction of sp³-hybridized carbons (Fsp3) is 0.118. The predicted octanol–water partition coefficient (Wildman–Crippen LogP) is 3.15. The number of methoxy groups -OCH3 is 1. The summed E-state index contributed by atoms with van der Waals surface area (Å²) < 4.78 is 11.4. The van der Waals surface area contributed by atoms with Gasteiger partial charge in [-0.05, 0) is 42.0 Å². The van der Waals surface area contributed by atoms with E-state index in [2.05, 4.69) is 26.5 Å². The maximum absolute atomic E-state index is 12.2. The largest absolute Gasteiger partial charge is 0.493 e. The molecule has 0 aliphatic heterocycles. The second kappa shape index (κ2) is 8.26. The highest BCUT2D eigenvalue weighted by Crippen LogP contribution is 2.28. The molecule has 0 unspecified atom stereocenters. The first-order valence-corrected chi connectivity index (χ1v) is 7.74. The summed E-state index contributed by atoms with van der Waals surface area (Å²) >= 11 is 3.31. The highest BCUT2D eigenvalue weighted by Gasteiger charge is 2.13. The number of halogens is 1. The predicted molar refractivity (Wildman–Crippen MR) is 93.5 cm³/mol. The summed E-state index contributed by atoms with van der Waals surface area (Å²) in [5.41, 5.74) is 3.41. The molecule has 7 heteroatoms. The monoisotopic (exact) mass is 390 g/mol. The number of nitrogens with zero attached hydrogens (tertiary/aromatic N) is 1. The second-order valence-electron chi connectivity index (χ2n) is 4.74. The fourth-order valence-electron chi connectivity index (χ4n) is 1.82. The summed E-state index contributed by atoms with van der Waals surface area (Å²) in [6.07, 6.45) is 1.46. The van der Waals surface area contributed by atoms with Gasteiger partial charge in [0.15, 0.2) is 11.5 Å². The van der Waals surface area contributed by atoms with Crippen LogP contribution in [0.1, 0.15) is 22.8 Å². The zero-order chi connectivity index (χ0) is 17.5. The molecule has 24 heavy (non-hydrogen) atoms. The molecule has 0 saturated carbocycles. The molecule has 0 saturated heterocycles. The molecular formula is C17H15BrN2O4. The molecule has 0 fully saturated rings. The topological polar surface area (TPSA) is 77.0 Å². The zero-order valence-corrected chi connectivity index (χ0v) is 14.7. The van der Waals surface area contributed by atoms with E-state index >= 15 is 0 Å². The molecule has 0 radical (unpaired) electrons. The van der Waals surface area contributed by atoms with Gasteiger partial charge in [-0.15, -0.1) is 0 Å². The number of hydrogen-bond donors (Lipinski definition) is 1. The minimum atomic E-state index is -0.491. The standard InChI is InChI=1S/C17H15BrN2O4/c1-11(21)20-19-10-12-6-7-15(16(8-12)23-2)24-17(22)13-4-3-5-14(18)9-13/h3-10H,1-2H3,(H,20,21)/b19-10+. The summed E-state index contributed by atoms with van der Waals surface area (Å²) in [6.45, 7) is 1.36. The van der Waals surface area contributed by atoms with Crippen LogP contribution in [-0.2, 0) is 4.79 Å². The lowest BCUT2D eigenvalue weighted by atomic mass is 10.2. The molecule has 1 amide bonds. The summed E-state index contributed by atoms with van der Waals surface area (Å²) in [6, 6.07) is 11.8. The first kappa shape index (κ1) is 17.7. The van der Waals surface area contributed by atoms with E-state index in [9.17, 15) is 9.59 Å². The van der Waals surface area contributed by atoms with Crippen molar-refractivity contribution in [3.63, 3.8) is 0 Å². The van der Waals surface area contributed by atoms with Crippen molar-refractivity contribution in [1.29, 1.82) is 0 Å². The summed E-state index contributed by atoms with van der Waals surface area (Å²) in [5, 5.41) is 3.77. The Morgan fingerprint density at radius 2 is 1.96 bits per heavy atom. The normalized spacial score (nSPS) is 10.5. The van der Waals surface area contributed by atoms with Crippen LogP contribution in [0, 0.1) is 0 Å². The quantitative estimate of drug-likeness (QED) is 0.368. The average molecular weight is 391 g/mol. The minimum absolute atomic E-state index is 0.266. The maximum Gasteiger partial charge on any atom is 0.343 e. The van der Waals surface area contributed by atoms with Crippen molar-refractivity contribution in [1.82, 2.24) is 5.43 Å². The van der Waals surface area contributed by atoms with Crippen molar-refractivity contribution < 1.29 is 19.1 Å². The smallest absolute Gasteiger partial charge is 0.343 e. The first-order chi connectivity index (χ1) is 11.5. The summed E-state index contributed by atoms with van der Waals surface area (Å²) in [4.78, 5) is 23.0. The van der Waals surface area contributed by atoms with Crippen molar-refractivity contribution in [3.8, 4) is 11.5 Å². The van der Waals surface area contributed by atoms with Crippen molar-refractivity contribution in [2.24, 2.45) is 5.10 Å². The van der Waals surface area contributed by atoms with Gasteiger partial charge in [0, 0.05) is 11.4 Å². The lowest BCUT2D eigenvalue weighted by molar-refractivity contribution is -0.118. The Balaban J connectivity index is 2.17. The minimum Gasteiger partial charge on any atom is -0.493 e. The van der Waals surface area contributed by atoms with Gasteiger partial charge in [-0.1, -0.05) is 22.0 Å². The molecule has 2 rings (SSSR count). The third kappa shape index (κ3) is 4.92. The molecule has 0 bridgehead atoms. The molecule has 0 spiro atoms. The molecule has 0 aliphatic rings. The number of nitrogens with one attached hydrogen (secondary N) is 1. The van der Waals surface area contributed by atoms with Gasteiger partial charge in [0.1, 0.15) is 0 Å². The van der Waals surface area contributed by atoms with Crippen LogP contribution >= 0.6 is 15.9 Å². The average Bonchev–Trinajstić information content (AvgIpc) is 2.55. The highest BCUT2D eigenvalue weighted by molar-refractivity contribution is 9.10. The molecular weight excluding hydrogens is 376 g/mol. The van der Waals surface area contributed by atoms with Crippen molar-refractivity contribution >= 4 is 34.0 Å². The third-order valence-electron chi connectivity index (χ3n) is 2.89. The van der Waals surface area contributed by atoms with E-state index in [1.807, 2.05) is 6.07 Å². The van der Waals surface area contributed by atoms with Gasteiger partial charge in [0.25, 0.3) is 0 Å². The van der Waals surface area contributed by atoms with E-state index in [-0.39, 0.29) is 5.91 Å². The van der Waals surface area contributed by atoms with Gasteiger partial charge >= 0.3 is 5.97 Å². The molecule has 0 aliphatic carbocycles. The van der Waals surface area contributed by atoms with E-state index in [0.29, 0.717) is 22.6 Å². The van der Waals surface area contributed by atoms with Gasteiger partial charge in [0.2, 0.25) is 5.91 Å². The van der Waals surface area contributed by atoms with E-state index in [1.54, 1.807) is 36.4 Å². The Morgan fingerprint density at radius 1 is 1.17 bits per heavy atom. The number of rotatable bonds is 5. The fourth-order valence-corrected chi connectivity index (χ4v) is 2.22. The van der Waals surface area contributed by atoms with Crippen LogP contribution in [0.4, 0.5) is 0 Å². The van der Waals surface area contributed by atoms with Crippen molar-refractivity contribution in [3.05, 3.63) is 58.1 Å². The van der Waals surface area contributed by atoms with E-state index in [0.717, 1.165) is 4.47 Å². The van der Waals surface area contributed by atoms with Crippen LogP contribution in [0.15, 0.2) is 52.0 Å². The Labute approximate surface area is 147 Å². The SMILES string of the molecule is COc1cc(/C=N/NC(C)=O)ccc1OC(=O)c1cccc(Br)c1. The molecule has 2 aromatic rings. The van der Waals surface area contributed by atoms with Gasteiger partial charge in [-0.3, -0.25) is 4.79 Å². The number of amides is 1. The van der Waals surface area contributed by atoms with Gasteiger partial charge in [0.05, 0.1) is 18.9 Å². The molecule has 124 valence electrons. The summed E-state index contributed by atoms with van der Waals surface area (Å²) in [7, 11) is 1.47. The molecule has 1 N–H and O–H groups in total. The number of hydrazone groups is 1. The van der Waals surface area contributed by atoms with Crippen LogP contribution < -0.4 is 14.9 Å². The lowest BCUT2D eigenvalue weighted by Crippen LogP contribution is -2.12. The van der Waals surface area contributed by atoms with Gasteiger partial charge < -0.3 is 9.47 Å². The Bertz CT molecular complexity index is 790. The number of ether oxygens (including phenoxy) is 2. The number of carbonyl (C=O) groups is 2. The van der Waals surface area contributed by atoms with Gasteiger partial charge in [-0.25, -0.2) is 10.2 Å². The van der Waals surface area contributed by atoms with E-state index < -0.39 is 5.97 Å². The molecule has 6 nitrogen and oxygen atoms in total. The van der Waals surface area contributed by atoms with Crippen LogP contribution in [0.3, 0.4) is 0 Å². The van der Waals surface area contributed by atoms with Crippen LogP contribution in [-0.4, -0.2) is 25.2 Å². The van der Waals surface area contributed by atoms with E-state index in [1.165, 1.54) is 20.2 Å². The number of carbonyl (C=O) groups excluding carboxylic acids is 2. The Kier molecular flexibility index (Phi) is 6.08. The summed E-state index contributed by atoms with van der Waals surface area (Å²) in [5.74, 6) is -0.0867. The second-order valence-corrected chi connectivity index (χ2v) is 5.65. The third-order valence-corrected chi connectivity index (χ3v) is 3.38. The maximum atomic E-state index is 12.2. The zero-order valence-electron chi connectivity index (χ0n) is 13.1. The highest BCUT2D eigenvalue weighted by atomic mass is 79.9. The van der Waals surface area contributed by atoms with Crippen LogP contribution in [0.2, 0.25) is 0 Å². The van der Waals surface area contributed by atoms with Crippen molar-refractivity contribution in [2.45, 2.75) is 6.92 Å². The number of esters is 1. The number of hydrogen-bond acceptors (Lipinski definition) is 5. The van der Waals surface area contributed by atoms with E-state index in [4.69, 9.17) is 9.47 Å². The lowest BCUT2D eigenvalue weighted by Gasteiger charge is -2.10. The molecule has 0 heterocycles. The first-order valence-electron chi connectivity index (χ1n) is 6.95. The van der Waals surface area contributed by atoms with Gasteiger partial charge in [-0.2, -0.15) is 5.10 Å². The molecule has 0 aromatic heterocycles. The molecule has 0 atom stereocenters. The molecule has 2 aromatic carbocycles. The Hall–Kier alpha value is -2.67. The van der Waals surface area contributed by atoms with Crippen LogP contribution in [0.5, 0.6) is 11.5 Å². The van der Waals surface area contributed by atoms with Crippen molar-refractivity contribution in [2.75, 3.05) is 7.11 Å². The van der Waals surface area contributed by atoms with Crippen LogP contribution in [0.25, 0.3) is 0 Å².